The summed E-state index contributed by atoms with van der Waals surface area (Å²) in [6.45, 7) is 4.42. The molecule has 1 aromatic heterocycles. The number of benzene rings is 2. The number of aryl methyl sites for hydroxylation is 1. The van der Waals surface area contributed by atoms with Gasteiger partial charge in [-0.2, -0.15) is 0 Å². The molecule has 0 N–H and O–H groups in total. The molecule has 0 aliphatic carbocycles. The van der Waals surface area contributed by atoms with E-state index in [4.69, 9.17) is 16.0 Å². The highest BCUT2D eigenvalue weighted by Gasteiger charge is 2.27. The summed E-state index contributed by atoms with van der Waals surface area (Å²) in [4.78, 5) is 16.9. The van der Waals surface area contributed by atoms with Crippen LogP contribution in [0.3, 0.4) is 0 Å². The maximum Gasteiger partial charge on any atom is 0.290 e. The molecule has 1 aliphatic heterocycles. The maximum atomic E-state index is 13.5. The first-order valence-electron chi connectivity index (χ1n) is 8.51. The quantitative estimate of drug-likeness (QED) is 0.664. The first-order valence-corrected chi connectivity index (χ1v) is 8.89. The number of fused-ring (bicyclic) bond motifs is 1. The highest BCUT2D eigenvalue weighted by Crippen LogP contribution is 2.28. The van der Waals surface area contributed by atoms with Crippen molar-refractivity contribution in [1.82, 2.24) is 4.90 Å². The average Bonchev–Trinajstić information content (AvgIpc) is 2.97. The number of rotatable bonds is 2. The Morgan fingerprint density at radius 1 is 1.12 bits per heavy atom. The number of piperazine rings is 1. The lowest BCUT2D eigenvalue weighted by molar-refractivity contribution is 0.0716. The molecule has 0 saturated carbocycles. The molecule has 3 aromatic rings. The monoisotopic (exact) mass is 372 g/mol. The van der Waals surface area contributed by atoms with Gasteiger partial charge >= 0.3 is 0 Å². The lowest BCUT2D eigenvalue weighted by atomic mass is 10.1. The van der Waals surface area contributed by atoms with Gasteiger partial charge in [0.2, 0.25) is 0 Å². The van der Waals surface area contributed by atoms with Gasteiger partial charge < -0.3 is 14.2 Å². The Hall–Kier alpha value is -2.53. The molecule has 4 rings (SSSR count). The van der Waals surface area contributed by atoms with Crippen LogP contribution in [0.15, 0.2) is 46.9 Å². The molecule has 1 saturated heterocycles. The largest absolute Gasteiger partial charge is 0.451 e. The van der Waals surface area contributed by atoms with E-state index in [0.29, 0.717) is 40.4 Å². The Labute approximate surface area is 155 Å². The van der Waals surface area contributed by atoms with E-state index < -0.39 is 0 Å². The number of amides is 1. The van der Waals surface area contributed by atoms with Crippen molar-refractivity contribution in [2.45, 2.75) is 6.92 Å². The van der Waals surface area contributed by atoms with E-state index in [0.717, 1.165) is 18.8 Å². The first-order chi connectivity index (χ1) is 12.5. The summed E-state index contributed by atoms with van der Waals surface area (Å²) in [6.07, 6.45) is 0. The first kappa shape index (κ1) is 16.9. The molecule has 0 radical (unpaired) electrons. The Bertz CT molecular complexity index is 977. The number of halogens is 2. The summed E-state index contributed by atoms with van der Waals surface area (Å²) < 4.78 is 19.2. The summed E-state index contributed by atoms with van der Waals surface area (Å²) in [5, 5.41) is 1.34. The van der Waals surface area contributed by atoms with Crippen molar-refractivity contribution in [3.05, 3.63) is 64.6 Å². The number of hydrogen-bond acceptors (Lipinski definition) is 3. The minimum absolute atomic E-state index is 0.148. The molecule has 0 bridgehead atoms. The molecule has 4 nitrogen and oxygen atoms in total. The van der Waals surface area contributed by atoms with E-state index in [9.17, 15) is 9.18 Å². The Morgan fingerprint density at radius 2 is 1.88 bits per heavy atom. The SMILES string of the molecule is Cc1c(C(=O)N2CCN(c3cccc(Cl)c3)CC2)oc2ccc(F)cc12. The fraction of sp³-hybridized carbons (Fsp3) is 0.250. The zero-order chi connectivity index (χ0) is 18.3. The standard InChI is InChI=1S/C20H18ClFN2O2/c1-13-17-12-15(22)5-6-18(17)26-19(13)20(25)24-9-7-23(8-10-24)16-4-2-3-14(21)11-16/h2-6,11-12H,7-10H2,1H3. The minimum Gasteiger partial charge on any atom is -0.451 e. The third-order valence-corrected chi connectivity index (χ3v) is 5.07. The van der Waals surface area contributed by atoms with Gasteiger partial charge in [-0.15, -0.1) is 0 Å². The lowest BCUT2D eigenvalue weighted by Gasteiger charge is -2.35. The van der Waals surface area contributed by atoms with Crippen LogP contribution >= 0.6 is 11.6 Å². The van der Waals surface area contributed by atoms with E-state index in [-0.39, 0.29) is 11.7 Å². The van der Waals surface area contributed by atoms with E-state index in [1.807, 2.05) is 24.3 Å². The normalized spacial score (nSPS) is 14.9. The number of nitrogens with zero attached hydrogens (tertiary/aromatic N) is 2. The summed E-state index contributed by atoms with van der Waals surface area (Å²) in [7, 11) is 0. The van der Waals surface area contributed by atoms with Crippen LogP contribution in [-0.2, 0) is 0 Å². The second-order valence-electron chi connectivity index (χ2n) is 6.46. The summed E-state index contributed by atoms with van der Waals surface area (Å²) >= 11 is 6.06. The van der Waals surface area contributed by atoms with Gasteiger partial charge in [-0.05, 0) is 43.3 Å². The number of carbonyl (C=O) groups excluding carboxylic acids is 1. The van der Waals surface area contributed by atoms with Crippen molar-refractivity contribution >= 4 is 34.2 Å². The van der Waals surface area contributed by atoms with Gasteiger partial charge in [0.1, 0.15) is 11.4 Å². The third kappa shape index (κ3) is 3.03. The molecule has 134 valence electrons. The third-order valence-electron chi connectivity index (χ3n) is 4.83. The van der Waals surface area contributed by atoms with Crippen molar-refractivity contribution in [2.75, 3.05) is 31.1 Å². The zero-order valence-electron chi connectivity index (χ0n) is 14.3. The highest BCUT2D eigenvalue weighted by atomic mass is 35.5. The highest BCUT2D eigenvalue weighted by molar-refractivity contribution is 6.30. The number of carbonyl (C=O) groups is 1. The minimum atomic E-state index is -0.337. The molecule has 0 spiro atoms. The molecular weight excluding hydrogens is 355 g/mol. The van der Waals surface area contributed by atoms with Gasteiger partial charge in [-0.25, -0.2) is 4.39 Å². The summed E-state index contributed by atoms with van der Waals surface area (Å²) in [5.74, 6) is -0.192. The van der Waals surface area contributed by atoms with Crippen LogP contribution in [0.4, 0.5) is 10.1 Å². The smallest absolute Gasteiger partial charge is 0.290 e. The second kappa shape index (κ2) is 6.65. The summed E-state index contributed by atoms with van der Waals surface area (Å²) in [5.41, 5.74) is 2.27. The average molecular weight is 373 g/mol. The van der Waals surface area contributed by atoms with Crippen molar-refractivity contribution in [3.63, 3.8) is 0 Å². The Kier molecular flexibility index (Phi) is 4.32. The van der Waals surface area contributed by atoms with Gasteiger partial charge in [0.15, 0.2) is 5.76 Å². The fourth-order valence-corrected chi connectivity index (χ4v) is 3.57. The fourth-order valence-electron chi connectivity index (χ4n) is 3.38. The molecular formula is C20H18ClFN2O2. The van der Waals surface area contributed by atoms with Crippen LogP contribution in [-0.4, -0.2) is 37.0 Å². The predicted octanol–water partition coefficient (Wildman–Crippen LogP) is 4.50. The molecule has 2 heterocycles. The number of furan rings is 1. The predicted molar refractivity (Wildman–Crippen MR) is 100 cm³/mol. The number of anilines is 1. The Balaban J connectivity index is 1.51. The van der Waals surface area contributed by atoms with Crippen molar-refractivity contribution < 1.29 is 13.6 Å². The second-order valence-corrected chi connectivity index (χ2v) is 6.89. The number of hydrogen-bond donors (Lipinski definition) is 0. The van der Waals surface area contributed by atoms with E-state index >= 15 is 0 Å². The van der Waals surface area contributed by atoms with Crippen LogP contribution in [0.2, 0.25) is 5.02 Å². The van der Waals surface area contributed by atoms with Crippen LogP contribution in [0.25, 0.3) is 11.0 Å². The molecule has 6 heteroatoms. The maximum absolute atomic E-state index is 13.5. The molecule has 0 unspecified atom stereocenters. The molecule has 1 aliphatic rings. The summed E-state index contributed by atoms with van der Waals surface area (Å²) in [6, 6.07) is 12.0. The van der Waals surface area contributed by atoms with Crippen molar-refractivity contribution in [3.8, 4) is 0 Å². The Morgan fingerprint density at radius 3 is 2.62 bits per heavy atom. The van der Waals surface area contributed by atoms with Gasteiger partial charge in [0.25, 0.3) is 5.91 Å². The van der Waals surface area contributed by atoms with Gasteiger partial charge in [-0.1, -0.05) is 17.7 Å². The van der Waals surface area contributed by atoms with Crippen LogP contribution < -0.4 is 4.90 Å². The topological polar surface area (TPSA) is 36.7 Å². The molecule has 1 fully saturated rings. The lowest BCUT2D eigenvalue weighted by Crippen LogP contribution is -2.48. The van der Waals surface area contributed by atoms with Crippen molar-refractivity contribution in [2.24, 2.45) is 0 Å². The van der Waals surface area contributed by atoms with Gasteiger partial charge in [-0.3, -0.25) is 4.79 Å². The van der Waals surface area contributed by atoms with Crippen LogP contribution in [0.1, 0.15) is 16.1 Å². The van der Waals surface area contributed by atoms with E-state index in [1.165, 1.54) is 12.1 Å². The van der Waals surface area contributed by atoms with Crippen LogP contribution in [0.5, 0.6) is 0 Å². The zero-order valence-corrected chi connectivity index (χ0v) is 15.1. The van der Waals surface area contributed by atoms with Gasteiger partial charge in [0, 0.05) is 47.8 Å². The molecule has 0 atom stereocenters. The molecule has 26 heavy (non-hydrogen) atoms. The van der Waals surface area contributed by atoms with Crippen molar-refractivity contribution in [1.29, 1.82) is 0 Å². The van der Waals surface area contributed by atoms with Crippen LogP contribution in [0, 0.1) is 12.7 Å². The van der Waals surface area contributed by atoms with Gasteiger partial charge in [0.05, 0.1) is 0 Å². The molecule has 1 amide bonds. The van der Waals surface area contributed by atoms with E-state index in [1.54, 1.807) is 17.9 Å². The molecule has 2 aromatic carbocycles. The van der Waals surface area contributed by atoms with E-state index in [2.05, 4.69) is 4.90 Å².